The number of methoxy groups -OCH3 is 1. The molecule has 12 nitrogen and oxygen atoms in total. The second-order valence-corrected chi connectivity index (χ2v) is 11.4. The van der Waals surface area contributed by atoms with Crippen LogP contribution in [-0.2, 0) is 9.53 Å². The van der Waals surface area contributed by atoms with Gasteiger partial charge in [0.2, 0.25) is 17.4 Å². The summed E-state index contributed by atoms with van der Waals surface area (Å²) in [6.45, 7) is 8.00. The number of hydrogen-bond donors (Lipinski definition) is 1. The summed E-state index contributed by atoms with van der Waals surface area (Å²) < 4.78 is 31.5. The lowest BCUT2D eigenvalue weighted by molar-refractivity contribution is -0.473. The predicted molar refractivity (Wildman–Crippen MR) is 183 cm³/mol. The second kappa shape index (κ2) is 15.4. The first kappa shape index (κ1) is 33.9. The zero-order valence-electron chi connectivity index (χ0n) is 28.1. The number of halogens is 1. The third-order valence-corrected chi connectivity index (χ3v) is 7.69. The van der Waals surface area contributed by atoms with Gasteiger partial charge in [-0.05, 0) is 58.1 Å². The third-order valence-electron chi connectivity index (χ3n) is 7.69. The number of fused-ring (bicyclic) bond motifs is 1. The molecule has 4 heterocycles. The van der Waals surface area contributed by atoms with Gasteiger partial charge in [0.05, 0.1) is 36.5 Å². The van der Waals surface area contributed by atoms with E-state index in [0.717, 1.165) is 12.1 Å². The molecule has 0 saturated heterocycles. The molecule has 1 aliphatic rings. The lowest BCUT2D eigenvalue weighted by Crippen LogP contribution is -2.43. The van der Waals surface area contributed by atoms with Crippen molar-refractivity contribution in [1.82, 2.24) is 34.4 Å². The maximum Gasteiger partial charge on any atom is 0.246 e. The van der Waals surface area contributed by atoms with E-state index in [-0.39, 0.29) is 11.6 Å². The maximum absolute atomic E-state index is 15.7. The number of carbonyl (C=O) groups is 1. The number of anilines is 2. The van der Waals surface area contributed by atoms with Gasteiger partial charge in [-0.1, -0.05) is 19.1 Å². The average Bonchev–Trinajstić information content (AvgIpc) is 3.55. The first-order valence-electron chi connectivity index (χ1n) is 15.7. The highest BCUT2D eigenvalue weighted by atomic mass is 19.1. The van der Waals surface area contributed by atoms with Gasteiger partial charge in [-0.2, -0.15) is 9.67 Å². The summed E-state index contributed by atoms with van der Waals surface area (Å²) in [5.74, 6) is 1.23. The van der Waals surface area contributed by atoms with Crippen LogP contribution in [0.1, 0.15) is 25.8 Å². The summed E-state index contributed by atoms with van der Waals surface area (Å²) in [7, 11) is 5.51. The van der Waals surface area contributed by atoms with Crippen molar-refractivity contribution in [2.24, 2.45) is 0 Å². The summed E-state index contributed by atoms with van der Waals surface area (Å²) in [5, 5.41) is 8.48. The summed E-state index contributed by atoms with van der Waals surface area (Å²) in [4.78, 5) is 29.8. The van der Waals surface area contributed by atoms with Crippen LogP contribution in [0.4, 0.5) is 15.9 Å². The normalized spacial score (nSPS) is 14.9. The Bertz CT molecular complexity index is 2020. The molecule has 1 aliphatic heterocycles. The fourth-order valence-electron chi connectivity index (χ4n) is 5.29. The summed E-state index contributed by atoms with van der Waals surface area (Å²) in [6.07, 6.45) is 14.7. The van der Waals surface area contributed by atoms with Crippen molar-refractivity contribution in [3.8, 4) is 11.5 Å². The fraction of sp³-hybridized carbons (Fsp3) is 0.314. The van der Waals surface area contributed by atoms with Crippen LogP contribution in [0.3, 0.4) is 0 Å². The quantitative estimate of drug-likeness (QED) is 0.192. The first-order valence-corrected chi connectivity index (χ1v) is 15.7. The Morgan fingerprint density at radius 1 is 1.19 bits per heavy atom. The molecule has 13 heteroatoms. The van der Waals surface area contributed by atoms with E-state index >= 15 is 4.39 Å². The van der Waals surface area contributed by atoms with E-state index in [1.165, 1.54) is 18.7 Å². The van der Waals surface area contributed by atoms with E-state index in [9.17, 15) is 4.79 Å². The SMILES string of the molecule is C/C=c1/ncnc(Nc2cc(C)c(Oc3ccn4ncnc4c3)cc2F)/c1=C(OC)/C(=C/CC)[N+]1=CCN(C(=O)/C=C/CN(C)C)CC1. The Balaban J connectivity index is 1.48. The van der Waals surface area contributed by atoms with Gasteiger partial charge in [-0.15, -0.1) is 0 Å². The fourth-order valence-corrected chi connectivity index (χ4v) is 5.29. The van der Waals surface area contributed by atoms with E-state index in [2.05, 4.69) is 36.0 Å². The minimum atomic E-state index is -0.525. The molecule has 0 radical (unpaired) electrons. The Hall–Kier alpha value is -5.43. The Morgan fingerprint density at radius 3 is 2.73 bits per heavy atom. The number of aromatic nitrogens is 5. The van der Waals surface area contributed by atoms with Crippen LogP contribution in [0.25, 0.3) is 17.5 Å². The number of rotatable bonds is 11. The van der Waals surface area contributed by atoms with Gasteiger partial charge >= 0.3 is 0 Å². The van der Waals surface area contributed by atoms with E-state index in [1.54, 1.807) is 47.0 Å². The Morgan fingerprint density at radius 2 is 2.02 bits per heavy atom. The smallest absolute Gasteiger partial charge is 0.246 e. The zero-order chi connectivity index (χ0) is 34.2. The summed E-state index contributed by atoms with van der Waals surface area (Å²) in [6, 6.07) is 6.49. The molecule has 0 unspecified atom stereocenters. The van der Waals surface area contributed by atoms with E-state index in [4.69, 9.17) is 9.47 Å². The molecule has 0 spiro atoms. The number of aryl methyl sites for hydroxylation is 1. The molecule has 0 atom stereocenters. The molecular formula is C35H41FN9O3+. The largest absolute Gasteiger partial charge is 0.490 e. The Labute approximate surface area is 278 Å². The number of nitrogens with one attached hydrogen (secondary N) is 1. The highest BCUT2D eigenvalue weighted by Crippen LogP contribution is 2.31. The monoisotopic (exact) mass is 654 g/mol. The molecule has 0 saturated carbocycles. The van der Waals surface area contributed by atoms with Crippen LogP contribution in [0, 0.1) is 12.7 Å². The minimum Gasteiger partial charge on any atom is -0.490 e. The van der Waals surface area contributed by atoms with Crippen LogP contribution in [0.5, 0.6) is 11.5 Å². The lowest BCUT2D eigenvalue weighted by atomic mass is 10.1. The number of hydrogen-bond acceptors (Lipinski definition) is 9. The molecule has 0 bridgehead atoms. The number of allylic oxidation sites excluding steroid dienone is 1. The van der Waals surface area contributed by atoms with E-state index in [1.807, 2.05) is 58.1 Å². The van der Waals surface area contributed by atoms with Crippen molar-refractivity contribution in [1.29, 1.82) is 0 Å². The van der Waals surface area contributed by atoms with Gasteiger partial charge in [-0.3, -0.25) is 4.79 Å². The number of nitrogens with zero attached hydrogens (tertiary/aromatic N) is 8. The number of amides is 1. The van der Waals surface area contributed by atoms with Crippen molar-refractivity contribution in [2.45, 2.75) is 27.2 Å². The van der Waals surface area contributed by atoms with Gasteiger partial charge in [0.25, 0.3) is 0 Å². The molecule has 250 valence electrons. The predicted octanol–water partition coefficient (Wildman–Crippen LogP) is 3.39. The zero-order valence-corrected chi connectivity index (χ0v) is 28.1. The number of carbonyl (C=O) groups excluding carboxylic acids is 1. The molecule has 48 heavy (non-hydrogen) atoms. The van der Waals surface area contributed by atoms with Crippen molar-refractivity contribution in [2.75, 3.05) is 52.7 Å². The molecular weight excluding hydrogens is 613 g/mol. The molecule has 3 aromatic heterocycles. The van der Waals surface area contributed by atoms with E-state index in [0.29, 0.717) is 71.0 Å². The maximum atomic E-state index is 15.7. The van der Waals surface area contributed by atoms with Crippen LogP contribution in [0.2, 0.25) is 0 Å². The molecule has 4 aromatic rings. The molecule has 0 fully saturated rings. The van der Waals surface area contributed by atoms with Gasteiger partial charge in [-0.25, -0.2) is 23.9 Å². The first-order chi connectivity index (χ1) is 23.2. The standard InChI is InChI=1S/C35H41FN9O3/c1-7-10-29(43-15-17-44(18-16-43)32(46)11-9-13-42(4)5)34(47-6)33-27(8-2)37-22-39-35(33)41-28-19-24(3)30(21-26(28)36)48-25-12-14-45-31(20-25)38-23-40-45/h8-12,14-15,19-23H,7,13,16-18H2,1-6H3,(H,37,39,41)/q+1/b11-9+,27-8+,29-10-,34-33-. The number of ether oxygens (including phenoxy) is 2. The number of pyridine rings is 1. The third kappa shape index (κ3) is 7.74. The van der Waals surface area contributed by atoms with Gasteiger partial charge in [0.15, 0.2) is 18.4 Å². The Kier molecular flexibility index (Phi) is 10.9. The van der Waals surface area contributed by atoms with Crippen molar-refractivity contribution < 1.29 is 23.2 Å². The molecule has 0 aliphatic carbocycles. The van der Waals surface area contributed by atoms with Crippen LogP contribution < -0.4 is 20.6 Å². The highest BCUT2D eigenvalue weighted by molar-refractivity contribution is 5.89. The number of benzene rings is 1. The van der Waals surface area contributed by atoms with Gasteiger partial charge in [0, 0.05) is 31.0 Å². The van der Waals surface area contributed by atoms with Gasteiger partial charge in [0.1, 0.15) is 35.8 Å². The lowest BCUT2D eigenvalue weighted by Gasteiger charge is -2.23. The van der Waals surface area contributed by atoms with Crippen LogP contribution in [-0.4, -0.2) is 98.4 Å². The molecule has 5 rings (SSSR count). The summed E-state index contributed by atoms with van der Waals surface area (Å²) in [5.41, 5.74) is 2.35. The van der Waals surface area contributed by atoms with Crippen LogP contribution >= 0.6 is 0 Å². The molecule has 1 aromatic carbocycles. The van der Waals surface area contributed by atoms with Crippen LogP contribution in [0.15, 0.2) is 67.0 Å². The van der Waals surface area contributed by atoms with E-state index < -0.39 is 5.82 Å². The van der Waals surface area contributed by atoms with Crippen molar-refractivity contribution >= 4 is 41.1 Å². The second-order valence-electron chi connectivity index (χ2n) is 11.4. The highest BCUT2D eigenvalue weighted by Gasteiger charge is 2.27. The van der Waals surface area contributed by atoms with Gasteiger partial charge < -0.3 is 24.6 Å². The molecule has 1 N–H and O–H groups in total. The van der Waals surface area contributed by atoms with Crippen molar-refractivity contribution in [3.63, 3.8) is 0 Å². The topological polar surface area (TPSA) is 113 Å². The average molecular weight is 655 g/mol. The summed E-state index contributed by atoms with van der Waals surface area (Å²) >= 11 is 0. The number of likely N-dealkylation sites (N-methyl/N-ethyl adjacent to an activating group) is 1. The van der Waals surface area contributed by atoms with Crippen molar-refractivity contribution in [3.05, 3.63) is 89.0 Å². The minimum absolute atomic E-state index is 0.0272. The molecule has 1 amide bonds.